The molecule has 142 valence electrons. The van der Waals surface area contributed by atoms with Gasteiger partial charge in [-0.3, -0.25) is 4.79 Å². The van der Waals surface area contributed by atoms with Crippen molar-refractivity contribution in [2.45, 2.75) is 39.3 Å². The lowest BCUT2D eigenvalue weighted by atomic mass is 10.1. The SMILES string of the molecule is CC(C)C(=O)NC1N=CC=CN1C(C)c1ccc(OCC(F)(F)F)cc1. The number of carbonyl (C=O) groups excluding carboxylic acids is 1. The molecule has 0 saturated carbocycles. The van der Waals surface area contributed by atoms with Gasteiger partial charge >= 0.3 is 6.18 Å². The maximum Gasteiger partial charge on any atom is 0.422 e. The van der Waals surface area contributed by atoms with E-state index in [1.807, 2.05) is 18.0 Å². The molecule has 0 aromatic heterocycles. The Bertz CT molecular complexity index is 669. The fraction of sp³-hybridized carbons (Fsp3) is 0.444. The molecule has 2 rings (SSSR count). The molecular weight excluding hydrogens is 347 g/mol. The van der Waals surface area contributed by atoms with Gasteiger partial charge < -0.3 is 15.0 Å². The van der Waals surface area contributed by atoms with Crippen LogP contribution in [0.15, 0.2) is 41.5 Å². The summed E-state index contributed by atoms with van der Waals surface area (Å²) < 4.78 is 41.3. The molecule has 1 amide bonds. The van der Waals surface area contributed by atoms with E-state index in [1.165, 1.54) is 12.1 Å². The van der Waals surface area contributed by atoms with E-state index in [2.05, 4.69) is 10.3 Å². The standard InChI is InChI=1S/C18H22F3N3O2/c1-12(2)16(25)23-17-22-9-4-10-24(17)13(3)14-5-7-15(8-6-14)26-11-18(19,20)21/h4-10,12-13,17H,11H2,1-3H3,(H,23,25). The van der Waals surface area contributed by atoms with Crippen LogP contribution in [0.5, 0.6) is 5.75 Å². The largest absolute Gasteiger partial charge is 0.484 e. The average molecular weight is 369 g/mol. The first kappa shape index (κ1) is 19.8. The summed E-state index contributed by atoms with van der Waals surface area (Å²) >= 11 is 0. The highest BCUT2D eigenvalue weighted by Gasteiger charge is 2.28. The highest BCUT2D eigenvalue weighted by atomic mass is 19.4. The second-order valence-electron chi connectivity index (χ2n) is 6.27. The molecule has 5 nitrogen and oxygen atoms in total. The minimum Gasteiger partial charge on any atom is -0.484 e. The van der Waals surface area contributed by atoms with Crippen molar-refractivity contribution in [3.05, 3.63) is 42.1 Å². The summed E-state index contributed by atoms with van der Waals surface area (Å²) in [5.74, 6) is -0.135. The summed E-state index contributed by atoms with van der Waals surface area (Å²) in [5, 5.41) is 2.86. The molecule has 1 heterocycles. The zero-order chi connectivity index (χ0) is 19.3. The Morgan fingerprint density at radius 3 is 2.50 bits per heavy atom. The Balaban J connectivity index is 2.06. The number of amides is 1. The van der Waals surface area contributed by atoms with Crippen LogP contribution in [0, 0.1) is 5.92 Å². The highest BCUT2D eigenvalue weighted by molar-refractivity contribution is 5.79. The molecule has 0 fully saturated rings. The summed E-state index contributed by atoms with van der Waals surface area (Å²) in [5.41, 5.74) is 0.856. The van der Waals surface area contributed by atoms with Crippen LogP contribution in [0.4, 0.5) is 13.2 Å². The van der Waals surface area contributed by atoms with E-state index in [4.69, 9.17) is 4.74 Å². The second-order valence-corrected chi connectivity index (χ2v) is 6.27. The van der Waals surface area contributed by atoms with Crippen LogP contribution in [0.3, 0.4) is 0 Å². The van der Waals surface area contributed by atoms with Crippen LogP contribution in [-0.2, 0) is 4.79 Å². The number of carbonyl (C=O) groups is 1. The van der Waals surface area contributed by atoms with Gasteiger partial charge in [0.15, 0.2) is 12.9 Å². The van der Waals surface area contributed by atoms with Crippen molar-refractivity contribution in [3.63, 3.8) is 0 Å². The lowest BCUT2D eigenvalue weighted by molar-refractivity contribution is -0.153. The first-order valence-corrected chi connectivity index (χ1v) is 8.24. The molecule has 0 saturated heterocycles. The Labute approximate surface area is 150 Å². The molecule has 1 aromatic rings. The number of alkyl halides is 3. The highest BCUT2D eigenvalue weighted by Crippen LogP contribution is 2.26. The Morgan fingerprint density at radius 2 is 1.92 bits per heavy atom. The van der Waals surface area contributed by atoms with Crippen molar-refractivity contribution in [3.8, 4) is 5.75 Å². The first-order chi connectivity index (χ1) is 12.2. The molecular formula is C18H22F3N3O2. The fourth-order valence-electron chi connectivity index (χ4n) is 2.35. The Kier molecular flexibility index (Phi) is 6.28. The van der Waals surface area contributed by atoms with E-state index >= 15 is 0 Å². The molecule has 2 atom stereocenters. The third-order valence-corrected chi connectivity index (χ3v) is 3.86. The van der Waals surface area contributed by atoms with Gasteiger partial charge in [-0.2, -0.15) is 13.2 Å². The summed E-state index contributed by atoms with van der Waals surface area (Å²) in [7, 11) is 0. The van der Waals surface area contributed by atoms with E-state index in [1.54, 1.807) is 38.3 Å². The van der Waals surface area contributed by atoms with Gasteiger partial charge in [-0.25, -0.2) is 4.99 Å². The maximum atomic E-state index is 12.2. The van der Waals surface area contributed by atoms with Crippen LogP contribution >= 0.6 is 0 Å². The number of rotatable bonds is 6. The van der Waals surface area contributed by atoms with Gasteiger partial charge in [0.1, 0.15) is 5.75 Å². The van der Waals surface area contributed by atoms with Crippen molar-refractivity contribution in [1.29, 1.82) is 0 Å². The van der Waals surface area contributed by atoms with Crippen LogP contribution in [0.25, 0.3) is 0 Å². The molecule has 1 N–H and O–H groups in total. The molecule has 0 aliphatic carbocycles. The zero-order valence-electron chi connectivity index (χ0n) is 14.8. The number of halogens is 3. The third kappa shape index (κ3) is 5.50. The number of allylic oxidation sites excluding steroid dienone is 1. The summed E-state index contributed by atoms with van der Waals surface area (Å²) in [6, 6.07) is 6.23. The molecule has 1 aliphatic heterocycles. The van der Waals surface area contributed by atoms with Crippen molar-refractivity contribution in [2.24, 2.45) is 10.9 Å². The van der Waals surface area contributed by atoms with Crippen molar-refractivity contribution < 1.29 is 22.7 Å². The Morgan fingerprint density at radius 1 is 1.27 bits per heavy atom. The predicted molar refractivity (Wildman–Crippen MR) is 92.6 cm³/mol. The fourth-order valence-corrected chi connectivity index (χ4v) is 2.35. The van der Waals surface area contributed by atoms with Gasteiger partial charge in [-0.1, -0.05) is 26.0 Å². The van der Waals surface area contributed by atoms with E-state index in [-0.39, 0.29) is 23.6 Å². The van der Waals surface area contributed by atoms with E-state index < -0.39 is 19.1 Å². The lowest BCUT2D eigenvalue weighted by Gasteiger charge is -2.35. The third-order valence-electron chi connectivity index (χ3n) is 3.86. The lowest BCUT2D eigenvalue weighted by Crippen LogP contribution is -2.47. The number of hydrogen-bond acceptors (Lipinski definition) is 4. The van der Waals surface area contributed by atoms with Gasteiger partial charge in [0.2, 0.25) is 5.91 Å². The van der Waals surface area contributed by atoms with E-state index in [9.17, 15) is 18.0 Å². The number of ether oxygens (including phenoxy) is 1. The number of benzene rings is 1. The van der Waals surface area contributed by atoms with E-state index in [0.717, 1.165) is 5.56 Å². The van der Waals surface area contributed by atoms with Gasteiger partial charge in [0.05, 0.1) is 6.04 Å². The summed E-state index contributed by atoms with van der Waals surface area (Å²) in [6.07, 6.45) is 0.283. The van der Waals surface area contributed by atoms with Crippen LogP contribution in [-0.4, -0.2) is 36.1 Å². The maximum absolute atomic E-state index is 12.2. The zero-order valence-corrected chi connectivity index (χ0v) is 14.8. The number of hydrogen-bond donors (Lipinski definition) is 1. The predicted octanol–water partition coefficient (Wildman–Crippen LogP) is 3.64. The van der Waals surface area contributed by atoms with Crippen molar-refractivity contribution in [1.82, 2.24) is 10.2 Å². The topological polar surface area (TPSA) is 53.9 Å². The Hall–Kier alpha value is -2.51. The van der Waals surface area contributed by atoms with Crippen LogP contribution in [0.1, 0.15) is 32.4 Å². The number of nitrogens with zero attached hydrogens (tertiary/aromatic N) is 2. The monoisotopic (exact) mass is 369 g/mol. The van der Waals surface area contributed by atoms with Crippen LogP contribution in [0.2, 0.25) is 0 Å². The quantitative estimate of drug-likeness (QED) is 0.833. The molecule has 1 aliphatic rings. The smallest absolute Gasteiger partial charge is 0.422 e. The molecule has 26 heavy (non-hydrogen) atoms. The molecule has 8 heteroatoms. The van der Waals surface area contributed by atoms with Gasteiger partial charge in [0.25, 0.3) is 0 Å². The van der Waals surface area contributed by atoms with E-state index in [0.29, 0.717) is 0 Å². The molecule has 0 radical (unpaired) electrons. The summed E-state index contributed by atoms with van der Waals surface area (Å²) in [6.45, 7) is 4.19. The summed E-state index contributed by atoms with van der Waals surface area (Å²) in [4.78, 5) is 18.1. The molecule has 1 aromatic carbocycles. The number of nitrogens with one attached hydrogen (secondary N) is 1. The minimum absolute atomic E-state index is 0.115. The average Bonchev–Trinajstić information content (AvgIpc) is 2.59. The minimum atomic E-state index is -4.37. The van der Waals surface area contributed by atoms with Crippen molar-refractivity contribution >= 4 is 12.1 Å². The van der Waals surface area contributed by atoms with Gasteiger partial charge in [0, 0.05) is 18.3 Å². The van der Waals surface area contributed by atoms with Crippen LogP contribution < -0.4 is 10.1 Å². The first-order valence-electron chi connectivity index (χ1n) is 8.24. The second kappa shape index (κ2) is 8.25. The molecule has 0 bridgehead atoms. The normalized spacial score (nSPS) is 18.1. The van der Waals surface area contributed by atoms with Crippen molar-refractivity contribution in [2.75, 3.05) is 6.61 Å². The van der Waals surface area contributed by atoms with Gasteiger partial charge in [-0.15, -0.1) is 0 Å². The number of aliphatic imine (C=N–C) groups is 1. The van der Waals surface area contributed by atoms with Gasteiger partial charge in [-0.05, 0) is 30.7 Å². The molecule has 0 spiro atoms. The molecule has 2 unspecified atom stereocenters.